The molecule has 13 heteroatoms. The van der Waals surface area contributed by atoms with Crippen LogP contribution in [-0.4, -0.2) is 114 Å². The van der Waals surface area contributed by atoms with E-state index in [2.05, 4.69) is 34.4 Å². The molecular weight excluding hydrogens is 602 g/mol. The number of unbranched alkanes of at least 4 members (excludes halogenated alkanes) is 2. The summed E-state index contributed by atoms with van der Waals surface area (Å²) in [5, 5.41) is 15.6. The molecule has 4 rings (SSSR count). The van der Waals surface area contributed by atoms with Crippen molar-refractivity contribution in [2.75, 3.05) is 63.9 Å². The maximum Gasteiger partial charge on any atom is 0.409 e. The standard InChI is InChI=1S/C34H49N7O6/c1-3-5-9-22-47-34(46)41-20-18-40(19-21-41)33(45)27(12-13-30(42)43)37-32(44)28-23-29(38-31(36-28)26-10-7-6-8-11-26)39-16-14-25(15-17-39)24-35-4-2/h6-8,10-11,23,25,27,35H,3-5,9,12-22,24H2,1-2H3,(H,37,44)(H,42,43)/t27-/m0/s1. The van der Waals surface area contributed by atoms with Gasteiger partial charge >= 0.3 is 12.1 Å². The van der Waals surface area contributed by atoms with Crippen molar-refractivity contribution >= 4 is 29.7 Å². The minimum atomic E-state index is -1.08. The molecule has 0 radical (unpaired) electrons. The number of aliphatic carboxylic acids is 1. The van der Waals surface area contributed by atoms with E-state index in [9.17, 15) is 24.3 Å². The Balaban J connectivity index is 1.47. The first-order valence-electron chi connectivity index (χ1n) is 16.9. The van der Waals surface area contributed by atoms with E-state index in [1.807, 2.05) is 30.3 Å². The fourth-order valence-corrected chi connectivity index (χ4v) is 5.83. The molecule has 1 atom stereocenters. The van der Waals surface area contributed by atoms with Gasteiger partial charge in [0.15, 0.2) is 5.82 Å². The number of rotatable bonds is 15. The first-order valence-corrected chi connectivity index (χ1v) is 16.9. The summed E-state index contributed by atoms with van der Waals surface area (Å²) in [6, 6.07) is 9.98. The molecule has 2 fully saturated rings. The minimum absolute atomic E-state index is 0.0810. The van der Waals surface area contributed by atoms with Gasteiger partial charge in [0.25, 0.3) is 5.91 Å². The average Bonchev–Trinajstić information content (AvgIpc) is 3.11. The van der Waals surface area contributed by atoms with E-state index in [0.717, 1.165) is 63.8 Å². The van der Waals surface area contributed by atoms with Crippen LogP contribution in [0.1, 0.15) is 69.3 Å². The van der Waals surface area contributed by atoms with Crippen molar-refractivity contribution in [1.29, 1.82) is 0 Å². The van der Waals surface area contributed by atoms with Gasteiger partial charge in [-0.2, -0.15) is 0 Å². The van der Waals surface area contributed by atoms with Gasteiger partial charge in [-0.3, -0.25) is 14.4 Å². The second-order valence-corrected chi connectivity index (χ2v) is 12.1. The highest BCUT2D eigenvalue weighted by Crippen LogP contribution is 2.25. The molecule has 0 unspecified atom stereocenters. The summed E-state index contributed by atoms with van der Waals surface area (Å²) in [5.41, 5.74) is 0.859. The number of amides is 3. The molecule has 0 aliphatic carbocycles. The van der Waals surface area contributed by atoms with E-state index in [1.165, 1.54) is 0 Å². The van der Waals surface area contributed by atoms with Crippen molar-refractivity contribution in [2.24, 2.45) is 5.92 Å². The highest BCUT2D eigenvalue weighted by atomic mass is 16.6. The molecule has 2 aliphatic heterocycles. The summed E-state index contributed by atoms with van der Waals surface area (Å²) >= 11 is 0. The Morgan fingerprint density at radius 2 is 1.66 bits per heavy atom. The Morgan fingerprint density at radius 1 is 0.957 bits per heavy atom. The zero-order valence-corrected chi connectivity index (χ0v) is 27.7. The largest absolute Gasteiger partial charge is 0.481 e. The first-order chi connectivity index (χ1) is 22.8. The number of nitrogens with one attached hydrogen (secondary N) is 2. The van der Waals surface area contributed by atoms with E-state index in [0.29, 0.717) is 37.3 Å². The van der Waals surface area contributed by atoms with Gasteiger partial charge in [-0.15, -0.1) is 0 Å². The van der Waals surface area contributed by atoms with E-state index in [-0.39, 0.29) is 31.6 Å². The van der Waals surface area contributed by atoms with Crippen LogP contribution in [0.4, 0.5) is 10.6 Å². The van der Waals surface area contributed by atoms with E-state index < -0.39 is 29.9 Å². The molecule has 3 amide bonds. The summed E-state index contributed by atoms with van der Waals surface area (Å²) in [5.74, 6) is -0.433. The van der Waals surface area contributed by atoms with Gasteiger partial charge in [-0.05, 0) is 44.7 Å². The average molecular weight is 652 g/mol. The number of piperazine rings is 1. The second kappa shape index (κ2) is 18.2. The van der Waals surface area contributed by atoms with Crippen LogP contribution in [-0.2, 0) is 14.3 Å². The monoisotopic (exact) mass is 651 g/mol. The normalized spacial score (nSPS) is 16.1. The summed E-state index contributed by atoms with van der Waals surface area (Å²) in [6.07, 6.45) is 4.03. The van der Waals surface area contributed by atoms with Gasteiger partial charge in [0.05, 0.1) is 6.61 Å². The van der Waals surface area contributed by atoms with E-state index in [1.54, 1.807) is 15.9 Å². The fraction of sp³-hybridized carbons (Fsp3) is 0.588. The summed E-state index contributed by atoms with van der Waals surface area (Å²) in [7, 11) is 0. The van der Waals surface area contributed by atoms with Crippen LogP contribution in [0.25, 0.3) is 11.4 Å². The van der Waals surface area contributed by atoms with Gasteiger partial charge in [0.2, 0.25) is 5.91 Å². The Hall–Kier alpha value is -4.26. The van der Waals surface area contributed by atoms with Crippen LogP contribution < -0.4 is 15.5 Å². The van der Waals surface area contributed by atoms with E-state index >= 15 is 0 Å². The van der Waals surface area contributed by atoms with Gasteiger partial charge in [-0.1, -0.05) is 57.0 Å². The van der Waals surface area contributed by atoms with Crippen molar-refractivity contribution in [3.8, 4) is 11.4 Å². The Labute approximate surface area is 277 Å². The van der Waals surface area contributed by atoms with Crippen molar-refractivity contribution in [1.82, 2.24) is 30.4 Å². The molecule has 2 aliphatic rings. The lowest BCUT2D eigenvalue weighted by molar-refractivity contribution is -0.138. The van der Waals surface area contributed by atoms with Crippen LogP contribution in [0.5, 0.6) is 0 Å². The number of carboxylic acid groups (broad SMARTS) is 1. The second-order valence-electron chi connectivity index (χ2n) is 12.1. The van der Waals surface area contributed by atoms with Gasteiger partial charge < -0.3 is 35.2 Å². The van der Waals surface area contributed by atoms with Crippen LogP contribution in [0.3, 0.4) is 0 Å². The lowest BCUT2D eigenvalue weighted by Gasteiger charge is -2.36. The molecule has 0 saturated carbocycles. The predicted octanol–water partition coefficient (Wildman–Crippen LogP) is 3.40. The Morgan fingerprint density at radius 3 is 2.32 bits per heavy atom. The molecule has 47 heavy (non-hydrogen) atoms. The summed E-state index contributed by atoms with van der Waals surface area (Å²) < 4.78 is 5.35. The van der Waals surface area contributed by atoms with Crippen LogP contribution in [0.15, 0.2) is 36.4 Å². The topological polar surface area (TPSA) is 157 Å². The molecular formula is C34H49N7O6. The maximum atomic E-state index is 13.7. The number of carbonyl (C=O) groups excluding carboxylic acids is 3. The van der Waals surface area contributed by atoms with Gasteiger partial charge in [0, 0.05) is 57.3 Å². The number of aromatic nitrogens is 2. The van der Waals surface area contributed by atoms with Crippen LogP contribution >= 0.6 is 0 Å². The number of carboxylic acids is 1. The highest BCUT2D eigenvalue weighted by molar-refractivity contribution is 5.97. The van der Waals surface area contributed by atoms with E-state index in [4.69, 9.17) is 9.72 Å². The summed E-state index contributed by atoms with van der Waals surface area (Å²) in [6.45, 7) is 9.12. The number of carbonyl (C=O) groups is 4. The third kappa shape index (κ3) is 10.6. The van der Waals surface area contributed by atoms with Crippen molar-refractivity contribution in [2.45, 2.75) is 64.8 Å². The molecule has 2 aromatic rings. The zero-order valence-electron chi connectivity index (χ0n) is 27.7. The van der Waals surface area contributed by atoms with Crippen molar-refractivity contribution < 1.29 is 29.0 Å². The number of piperidine rings is 1. The number of nitrogens with zero attached hydrogens (tertiary/aromatic N) is 5. The van der Waals surface area contributed by atoms with Crippen LogP contribution in [0.2, 0.25) is 0 Å². The number of anilines is 1. The Bertz CT molecular complexity index is 1330. The molecule has 3 N–H and O–H groups in total. The third-order valence-corrected chi connectivity index (χ3v) is 8.67. The highest BCUT2D eigenvalue weighted by Gasteiger charge is 2.32. The SMILES string of the molecule is CCCCCOC(=O)N1CCN(C(=O)[C@H](CCC(=O)O)NC(=O)c2cc(N3CCC(CNCC)CC3)nc(-c3ccccc3)n2)CC1. The molecule has 0 bridgehead atoms. The van der Waals surface area contributed by atoms with Gasteiger partial charge in [0.1, 0.15) is 17.6 Å². The quantitative estimate of drug-likeness (QED) is 0.244. The maximum absolute atomic E-state index is 13.7. The molecule has 2 saturated heterocycles. The molecule has 0 spiro atoms. The fourth-order valence-electron chi connectivity index (χ4n) is 5.83. The number of ether oxygens (including phenoxy) is 1. The lowest BCUT2D eigenvalue weighted by atomic mass is 9.97. The number of benzene rings is 1. The minimum Gasteiger partial charge on any atom is -0.481 e. The smallest absolute Gasteiger partial charge is 0.409 e. The zero-order chi connectivity index (χ0) is 33.6. The molecule has 3 heterocycles. The predicted molar refractivity (Wildman–Crippen MR) is 178 cm³/mol. The number of hydrogen-bond acceptors (Lipinski definition) is 9. The van der Waals surface area contributed by atoms with Crippen molar-refractivity contribution in [3.63, 3.8) is 0 Å². The lowest BCUT2D eigenvalue weighted by Crippen LogP contribution is -2.56. The van der Waals surface area contributed by atoms with Gasteiger partial charge in [-0.25, -0.2) is 14.8 Å². The summed E-state index contributed by atoms with van der Waals surface area (Å²) in [4.78, 5) is 66.0. The molecule has 13 nitrogen and oxygen atoms in total. The molecule has 1 aromatic carbocycles. The number of hydrogen-bond donors (Lipinski definition) is 3. The Kier molecular flexibility index (Phi) is 13.8. The third-order valence-electron chi connectivity index (χ3n) is 8.67. The molecule has 1 aromatic heterocycles. The first kappa shape index (κ1) is 35.6. The molecule has 256 valence electrons. The van der Waals surface area contributed by atoms with Crippen LogP contribution in [0, 0.1) is 5.92 Å². The van der Waals surface area contributed by atoms with Crippen molar-refractivity contribution in [3.05, 3.63) is 42.1 Å².